The van der Waals surface area contributed by atoms with E-state index in [4.69, 9.17) is 4.42 Å². The Morgan fingerprint density at radius 2 is 0.769 bits per heavy atom. The number of rotatable bonds is 7. The number of aromatic nitrogens is 1. The Hall–Kier alpha value is -7.04. The van der Waals surface area contributed by atoms with E-state index in [0.29, 0.717) is 0 Å². The van der Waals surface area contributed by atoms with Crippen LogP contribution in [0.1, 0.15) is 0 Å². The van der Waals surface area contributed by atoms with Crippen LogP contribution in [0.2, 0.25) is 0 Å². The lowest BCUT2D eigenvalue weighted by Crippen LogP contribution is -2.10. The van der Waals surface area contributed by atoms with Crippen molar-refractivity contribution < 1.29 is 4.42 Å². The van der Waals surface area contributed by atoms with Gasteiger partial charge >= 0.3 is 0 Å². The van der Waals surface area contributed by atoms with Gasteiger partial charge in [-0.3, -0.25) is 0 Å². The van der Waals surface area contributed by atoms with Crippen LogP contribution in [0.5, 0.6) is 0 Å². The van der Waals surface area contributed by atoms with Gasteiger partial charge in [0.2, 0.25) is 0 Å². The molecule has 0 saturated heterocycles. The molecule has 10 rings (SSSR count). The number of furan rings is 1. The molecule has 0 N–H and O–H groups in total. The first-order valence-electron chi connectivity index (χ1n) is 17.6. The van der Waals surface area contributed by atoms with Crippen molar-refractivity contribution in [3.8, 4) is 5.69 Å². The van der Waals surface area contributed by atoms with Crippen molar-refractivity contribution in [3.05, 3.63) is 200 Å². The highest BCUT2D eigenvalue weighted by Gasteiger charge is 2.20. The molecule has 0 aliphatic rings. The normalized spacial score (nSPS) is 11.5. The largest absolute Gasteiger partial charge is 0.456 e. The van der Waals surface area contributed by atoms with Gasteiger partial charge in [0.25, 0.3) is 0 Å². The summed E-state index contributed by atoms with van der Waals surface area (Å²) in [4.78, 5) is 4.61. The van der Waals surface area contributed by atoms with Gasteiger partial charge in [-0.1, -0.05) is 91.0 Å². The summed E-state index contributed by atoms with van der Waals surface area (Å²) in [7, 11) is 0. The molecule has 0 unspecified atom stereocenters. The van der Waals surface area contributed by atoms with E-state index in [1.54, 1.807) is 0 Å². The Balaban J connectivity index is 1.19. The van der Waals surface area contributed by atoms with Crippen LogP contribution in [0.3, 0.4) is 0 Å². The standard InChI is InChI=1S/C48H33N3O/c1-5-15-34(16-6-1)49(35-17-7-2-8-18-35)38-25-27-39(28-26-38)51-45-30-29-40(50(36-19-9-3-10-20-36)37-21-11-4-12-22-37)31-42(45)43-33-48-44(32-46(43)51)41-23-13-14-24-47(41)52-48/h1-33H. The van der Waals surface area contributed by atoms with Crippen molar-refractivity contribution in [1.29, 1.82) is 0 Å². The van der Waals surface area contributed by atoms with Crippen LogP contribution in [0.4, 0.5) is 34.1 Å². The summed E-state index contributed by atoms with van der Waals surface area (Å²) in [6, 6.07) is 70.8. The molecule has 0 radical (unpaired) electrons. The number of benzene rings is 8. The summed E-state index contributed by atoms with van der Waals surface area (Å²) < 4.78 is 8.83. The number of fused-ring (bicyclic) bond motifs is 6. The zero-order valence-electron chi connectivity index (χ0n) is 28.3. The van der Waals surface area contributed by atoms with Crippen molar-refractivity contribution in [3.63, 3.8) is 0 Å². The van der Waals surface area contributed by atoms with Crippen LogP contribution in [-0.4, -0.2) is 4.57 Å². The monoisotopic (exact) mass is 667 g/mol. The van der Waals surface area contributed by atoms with Gasteiger partial charge in [0, 0.05) is 61.4 Å². The first-order valence-corrected chi connectivity index (χ1v) is 17.6. The molecule has 0 bridgehead atoms. The summed E-state index contributed by atoms with van der Waals surface area (Å²) in [5.41, 5.74) is 11.8. The molecule has 2 aromatic heterocycles. The topological polar surface area (TPSA) is 24.6 Å². The van der Waals surface area contributed by atoms with Crippen LogP contribution in [0, 0.1) is 0 Å². The number of hydrogen-bond acceptors (Lipinski definition) is 3. The highest BCUT2D eigenvalue weighted by molar-refractivity contribution is 6.17. The number of anilines is 6. The quantitative estimate of drug-likeness (QED) is 0.169. The number of nitrogens with zero attached hydrogens (tertiary/aromatic N) is 3. The SMILES string of the molecule is c1ccc(N(c2ccccc2)c2ccc(-n3c4ccc(N(c5ccccc5)c5ccccc5)cc4c4cc5oc6ccccc6c5cc43)cc2)cc1. The smallest absolute Gasteiger partial charge is 0.136 e. The van der Waals surface area contributed by atoms with Crippen LogP contribution < -0.4 is 9.80 Å². The lowest BCUT2D eigenvalue weighted by Gasteiger charge is -2.26. The van der Waals surface area contributed by atoms with E-state index in [1.807, 2.05) is 12.1 Å². The molecule has 0 saturated carbocycles. The summed E-state index contributed by atoms with van der Waals surface area (Å²) in [5.74, 6) is 0. The third-order valence-electron chi connectivity index (χ3n) is 9.93. The Bertz CT molecular complexity index is 2750. The lowest BCUT2D eigenvalue weighted by molar-refractivity contribution is 0.669. The molecular formula is C48H33N3O. The van der Waals surface area contributed by atoms with Gasteiger partial charge in [-0.15, -0.1) is 0 Å². The molecule has 0 atom stereocenters. The molecule has 52 heavy (non-hydrogen) atoms. The van der Waals surface area contributed by atoms with Crippen molar-refractivity contribution in [1.82, 2.24) is 4.57 Å². The van der Waals surface area contributed by atoms with Crippen molar-refractivity contribution in [2.24, 2.45) is 0 Å². The summed E-state index contributed by atoms with van der Waals surface area (Å²) >= 11 is 0. The summed E-state index contributed by atoms with van der Waals surface area (Å²) in [5, 5.41) is 4.53. The summed E-state index contributed by atoms with van der Waals surface area (Å²) in [6.45, 7) is 0. The minimum Gasteiger partial charge on any atom is -0.456 e. The van der Waals surface area contributed by atoms with E-state index in [0.717, 1.165) is 83.6 Å². The fraction of sp³-hybridized carbons (Fsp3) is 0. The second-order valence-corrected chi connectivity index (χ2v) is 13.0. The predicted molar refractivity (Wildman–Crippen MR) is 217 cm³/mol. The third-order valence-corrected chi connectivity index (χ3v) is 9.93. The van der Waals surface area contributed by atoms with E-state index >= 15 is 0 Å². The van der Waals surface area contributed by atoms with Gasteiger partial charge in [-0.05, 0) is 109 Å². The molecule has 4 heteroatoms. The Morgan fingerprint density at radius 3 is 1.35 bits per heavy atom. The number of hydrogen-bond donors (Lipinski definition) is 0. The fourth-order valence-electron chi connectivity index (χ4n) is 7.60. The minimum absolute atomic E-state index is 0.887. The Morgan fingerprint density at radius 1 is 0.308 bits per heavy atom. The molecule has 0 amide bonds. The van der Waals surface area contributed by atoms with Gasteiger partial charge in [-0.25, -0.2) is 0 Å². The first kappa shape index (κ1) is 29.8. The van der Waals surface area contributed by atoms with Gasteiger partial charge in [-0.2, -0.15) is 0 Å². The first-order chi connectivity index (χ1) is 25.8. The highest BCUT2D eigenvalue weighted by Crippen LogP contribution is 2.43. The molecule has 2 heterocycles. The van der Waals surface area contributed by atoms with Gasteiger partial charge < -0.3 is 18.8 Å². The summed E-state index contributed by atoms with van der Waals surface area (Å²) in [6.07, 6.45) is 0. The zero-order valence-corrected chi connectivity index (χ0v) is 28.3. The molecule has 0 aliphatic heterocycles. The van der Waals surface area contributed by atoms with E-state index in [9.17, 15) is 0 Å². The average Bonchev–Trinajstić information content (AvgIpc) is 3.74. The van der Waals surface area contributed by atoms with E-state index in [1.165, 1.54) is 0 Å². The molecule has 0 aliphatic carbocycles. The minimum atomic E-state index is 0.887. The van der Waals surface area contributed by atoms with Crippen LogP contribution >= 0.6 is 0 Å². The molecule has 8 aromatic carbocycles. The maximum atomic E-state index is 6.44. The second kappa shape index (κ2) is 12.4. The fourth-order valence-corrected chi connectivity index (χ4v) is 7.60. The molecule has 0 spiro atoms. The van der Waals surface area contributed by atoms with Gasteiger partial charge in [0.1, 0.15) is 11.2 Å². The van der Waals surface area contributed by atoms with E-state index < -0.39 is 0 Å². The second-order valence-electron chi connectivity index (χ2n) is 13.0. The maximum Gasteiger partial charge on any atom is 0.136 e. The Kier molecular flexibility index (Phi) is 7.10. The molecule has 4 nitrogen and oxygen atoms in total. The maximum absolute atomic E-state index is 6.44. The average molecular weight is 668 g/mol. The molecule has 10 aromatic rings. The number of para-hydroxylation sites is 5. The highest BCUT2D eigenvalue weighted by atomic mass is 16.3. The van der Waals surface area contributed by atoms with Crippen molar-refractivity contribution >= 4 is 77.9 Å². The molecular weight excluding hydrogens is 635 g/mol. The predicted octanol–water partition coefficient (Wildman–Crippen LogP) is 13.6. The van der Waals surface area contributed by atoms with E-state index in [-0.39, 0.29) is 0 Å². The van der Waals surface area contributed by atoms with Crippen molar-refractivity contribution in [2.75, 3.05) is 9.80 Å². The van der Waals surface area contributed by atoms with Gasteiger partial charge in [0.05, 0.1) is 11.0 Å². The molecule has 246 valence electrons. The third kappa shape index (κ3) is 5.00. The molecule has 0 fully saturated rings. The van der Waals surface area contributed by atoms with Gasteiger partial charge in [0.15, 0.2) is 0 Å². The van der Waals surface area contributed by atoms with Crippen LogP contribution in [-0.2, 0) is 0 Å². The van der Waals surface area contributed by atoms with E-state index in [2.05, 4.69) is 202 Å². The Labute approximate surface area is 301 Å². The zero-order chi connectivity index (χ0) is 34.4. The van der Waals surface area contributed by atoms with Crippen molar-refractivity contribution in [2.45, 2.75) is 0 Å². The van der Waals surface area contributed by atoms with Crippen LogP contribution in [0.25, 0.3) is 49.4 Å². The van der Waals surface area contributed by atoms with Crippen LogP contribution in [0.15, 0.2) is 205 Å². The lowest BCUT2D eigenvalue weighted by atomic mass is 10.1.